The first kappa shape index (κ1) is 13.4. The van der Waals surface area contributed by atoms with Crippen LogP contribution >= 0.6 is 0 Å². The van der Waals surface area contributed by atoms with Crippen molar-refractivity contribution in [2.24, 2.45) is 0 Å². The molecule has 0 saturated carbocycles. The van der Waals surface area contributed by atoms with Crippen molar-refractivity contribution in [2.75, 3.05) is 7.11 Å². The van der Waals surface area contributed by atoms with Gasteiger partial charge < -0.3 is 19.5 Å². The number of hydrogen-bond donors (Lipinski definition) is 2. The van der Waals surface area contributed by atoms with Crippen LogP contribution in [-0.4, -0.2) is 27.5 Å². The van der Waals surface area contributed by atoms with E-state index in [-0.39, 0.29) is 23.0 Å². The Morgan fingerprint density at radius 3 is 2.47 bits per heavy atom. The third-order valence-electron chi connectivity index (χ3n) is 3.26. The number of methoxy groups -OCH3 is 1. The normalized spacial score (nSPS) is 14.3. The van der Waals surface area contributed by atoms with E-state index < -0.39 is 5.60 Å². The number of aromatic hydroxyl groups is 2. The van der Waals surface area contributed by atoms with Gasteiger partial charge in [0.25, 0.3) is 5.89 Å². The molecule has 1 aromatic heterocycles. The molecule has 0 aliphatic rings. The van der Waals surface area contributed by atoms with Crippen molar-refractivity contribution >= 4 is 0 Å². The van der Waals surface area contributed by atoms with Crippen molar-refractivity contribution in [1.82, 2.24) is 10.1 Å². The van der Waals surface area contributed by atoms with Gasteiger partial charge in [0.1, 0.15) is 22.7 Å². The zero-order chi connectivity index (χ0) is 14.0. The van der Waals surface area contributed by atoms with E-state index in [0.717, 1.165) is 0 Å². The average molecular weight is 264 g/mol. The molecular formula is C13H16N2O4. The van der Waals surface area contributed by atoms with Gasteiger partial charge in [0, 0.05) is 7.11 Å². The fourth-order valence-electron chi connectivity index (χ4n) is 1.68. The minimum Gasteiger partial charge on any atom is -0.507 e. The summed E-state index contributed by atoms with van der Waals surface area (Å²) in [6.45, 7) is 3.78. The number of ether oxygens (including phenoxy) is 1. The van der Waals surface area contributed by atoms with Crippen molar-refractivity contribution in [2.45, 2.75) is 25.9 Å². The lowest BCUT2D eigenvalue weighted by molar-refractivity contribution is -0.0106. The molecule has 2 rings (SSSR count). The van der Waals surface area contributed by atoms with Crippen molar-refractivity contribution in [1.29, 1.82) is 0 Å². The maximum absolute atomic E-state index is 9.75. The Balaban J connectivity index is 2.47. The fraction of sp³-hybridized carbons (Fsp3) is 0.385. The molecule has 0 fully saturated rings. The largest absolute Gasteiger partial charge is 0.507 e. The number of rotatable bonds is 4. The SMILES string of the molecule is CCC(C)(OC)c1noc(-c2c(O)cccc2O)n1. The van der Waals surface area contributed by atoms with Gasteiger partial charge in [0.05, 0.1) is 0 Å². The summed E-state index contributed by atoms with van der Waals surface area (Å²) in [6.07, 6.45) is 0.662. The molecule has 0 bridgehead atoms. The zero-order valence-corrected chi connectivity index (χ0v) is 11.0. The second kappa shape index (κ2) is 4.89. The van der Waals surface area contributed by atoms with Gasteiger partial charge in [0.2, 0.25) is 5.82 Å². The summed E-state index contributed by atoms with van der Waals surface area (Å²) in [4.78, 5) is 4.19. The van der Waals surface area contributed by atoms with E-state index in [1.54, 1.807) is 7.11 Å². The Kier molecular flexibility index (Phi) is 3.44. The van der Waals surface area contributed by atoms with E-state index in [1.807, 2.05) is 13.8 Å². The highest BCUT2D eigenvalue weighted by Crippen LogP contribution is 2.37. The Morgan fingerprint density at radius 1 is 1.32 bits per heavy atom. The number of nitrogens with zero attached hydrogens (tertiary/aromatic N) is 2. The van der Waals surface area contributed by atoms with Gasteiger partial charge in [-0.3, -0.25) is 0 Å². The van der Waals surface area contributed by atoms with E-state index in [4.69, 9.17) is 9.26 Å². The van der Waals surface area contributed by atoms with Crippen LogP contribution in [0.2, 0.25) is 0 Å². The lowest BCUT2D eigenvalue weighted by atomic mass is 10.0. The Labute approximate surface area is 110 Å². The van der Waals surface area contributed by atoms with Crippen LogP contribution in [0, 0.1) is 0 Å². The van der Waals surface area contributed by atoms with Crippen LogP contribution in [0.1, 0.15) is 26.1 Å². The third kappa shape index (κ3) is 2.26. The molecular weight excluding hydrogens is 248 g/mol. The molecule has 0 amide bonds. The van der Waals surface area contributed by atoms with Gasteiger partial charge in [-0.1, -0.05) is 18.1 Å². The average Bonchev–Trinajstić information content (AvgIpc) is 2.87. The summed E-state index contributed by atoms with van der Waals surface area (Å²) in [5.74, 6) is 0.189. The Morgan fingerprint density at radius 2 is 1.95 bits per heavy atom. The molecule has 6 nitrogen and oxygen atoms in total. The quantitative estimate of drug-likeness (QED) is 0.881. The first-order chi connectivity index (χ1) is 9.01. The van der Waals surface area contributed by atoms with E-state index in [9.17, 15) is 10.2 Å². The maximum Gasteiger partial charge on any atom is 0.265 e. The summed E-state index contributed by atoms with van der Waals surface area (Å²) in [7, 11) is 1.57. The van der Waals surface area contributed by atoms with Gasteiger partial charge in [-0.2, -0.15) is 4.98 Å². The number of phenolic OH excluding ortho intramolecular Hbond substituents is 2. The number of phenols is 2. The first-order valence-corrected chi connectivity index (χ1v) is 5.92. The highest BCUT2D eigenvalue weighted by atomic mass is 16.5. The number of hydrogen-bond acceptors (Lipinski definition) is 6. The van der Waals surface area contributed by atoms with E-state index >= 15 is 0 Å². The molecule has 1 aromatic carbocycles. The molecule has 0 saturated heterocycles. The monoisotopic (exact) mass is 264 g/mol. The van der Waals surface area contributed by atoms with Crippen LogP contribution in [0.15, 0.2) is 22.7 Å². The third-order valence-corrected chi connectivity index (χ3v) is 3.26. The van der Waals surface area contributed by atoms with Crippen molar-refractivity contribution in [3.63, 3.8) is 0 Å². The van der Waals surface area contributed by atoms with Crippen LogP contribution in [0.25, 0.3) is 11.5 Å². The highest BCUT2D eigenvalue weighted by Gasteiger charge is 2.31. The van der Waals surface area contributed by atoms with E-state index in [2.05, 4.69) is 10.1 Å². The molecule has 102 valence electrons. The summed E-state index contributed by atoms with van der Waals surface area (Å²) in [6, 6.07) is 4.40. The predicted molar refractivity (Wildman–Crippen MR) is 67.7 cm³/mol. The second-order valence-electron chi connectivity index (χ2n) is 4.38. The molecule has 0 aliphatic heterocycles. The van der Waals surface area contributed by atoms with Crippen LogP contribution < -0.4 is 0 Å². The first-order valence-electron chi connectivity index (χ1n) is 5.92. The molecule has 6 heteroatoms. The molecule has 2 N–H and O–H groups in total. The standard InChI is InChI=1S/C13H16N2O4/c1-4-13(2,18-3)12-14-11(19-15-12)10-8(16)6-5-7-9(10)17/h5-7,16-17H,4H2,1-3H3. The molecule has 1 atom stereocenters. The number of aromatic nitrogens is 2. The van der Waals surface area contributed by atoms with Crippen LogP contribution in [0.5, 0.6) is 11.5 Å². The Hall–Kier alpha value is -2.08. The van der Waals surface area contributed by atoms with Crippen molar-refractivity contribution in [3.8, 4) is 23.0 Å². The molecule has 0 aliphatic carbocycles. The lowest BCUT2D eigenvalue weighted by Gasteiger charge is -2.21. The molecule has 1 unspecified atom stereocenters. The zero-order valence-electron chi connectivity index (χ0n) is 11.0. The molecule has 0 radical (unpaired) electrons. The van der Waals surface area contributed by atoms with Crippen molar-refractivity contribution < 1.29 is 19.5 Å². The van der Waals surface area contributed by atoms with Crippen molar-refractivity contribution in [3.05, 3.63) is 24.0 Å². The number of benzene rings is 1. The van der Waals surface area contributed by atoms with Gasteiger partial charge >= 0.3 is 0 Å². The fourth-order valence-corrected chi connectivity index (χ4v) is 1.68. The predicted octanol–water partition coefficient (Wildman–Crippen LogP) is 2.42. The van der Waals surface area contributed by atoms with Gasteiger partial charge in [-0.15, -0.1) is 0 Å². The van der Waals surface area contributed by atoms with Crippen LogP contribution in [-0.2, 0) is 10.3 Å². The van der Waals surface area contributed by atoms with E-state index in [0.29, 0.717) is 12.2 Å². The van der Waals surface area contributed by atoms with Gasteiger partial charge in [0.15, 0.2) is 0 Å². The minimum absolute atomic E-state index is 0.0577. The summed E-state index contributed by atoms with van der Waals surface area (Å²) < 4.78 is 10.5. The van der Waals surface area contributed by atoms with E-state index in [1.165, 1.54) is 18.2 Å². The van der Waals surface area contributed by atoms with Gasteiger partial charge in [-0.25, -0.2) is 0 Å². The Bertz CT molecular complexity index is 556. The summed E-state index contributed by atoms with van der Waals surface area (Å²) >= 11 is 0. The van der Waals surface area contributed by atoms with Crippen LogP contribution in [0.3, 0.4) is 0 Å². The molecule has 19 heavy (non-hydrogen) atoms. The maximum atomic E-state index is 9.75. The topological polar surface area (TPSA) is 88.6 Å². The van der Waals surface area contributed by atoms with Gasteiger partial charge in [-0.05, 0) is 25.5 Å². The second-order valence-corrected chi connectivity index (χ2v) is 4.38. The molecule has 2 aromatic rings. The molecule has 1 heterocycles. The summed E-state index contributed by atoms with van der Waals surface area (Å²) in [5, 5.41) is 23.4. The molecule has 0 spiro atoms. The smallest absolute Gasteiger partial charge is 0.265 e. The minimum atomic E-state index is -0.665. The summed E-state index contributed by atoms with van der Waals surface area (Å²) in [5.41, 5.74) is -0.544. The highest BCUT2D eigenvalue weighted by molar-refractivity contribution is 5.69. The lowest BCUT2D eigenvalue weighted by Crippen LogP contribution is -2.24. The van der Waals surface area contributed by atoms with Crippen LogP contribution in [0.4, 0.5) is 0 Å².